The molecule has 0 amide bonds. The molecule has 0 bridgehead atoms. The lowest BCUT2D eigenvalue weighted by Gasteiger charge is -2.21. The van der Waals surface area contributed by atoms with Gasteiger partial charge in [0.25, 0.3) is 5.92 Å². The fraction of sp³-hybridized carbons (Fsp3) is 0.583. The van der Waals surface area contributed by atoms with Gasteiger partial charge in [0.1, 0.15) is 5.82 Å². The van der Waals surface area contributed by atoms with E-state index in [-0.39, 0.29) is 6.54 Å². The molecule has 0 aromatic carbocycles. The fourth-order valence-electron chi connectivity index (χ4n) is 2.72. The van der Waals surface area contributed by atoms with Crippen molar-refractivity contribution in [1.82, 2.24) is 4.98 Å². The minimum absolute atomic E-state index is 0.263. The lowest BCUT2D eigenvalue weighted by molar-refractivity contribution is 0.0797. The molecular formula is C12H13F2N5. The second-order valence-corrected chi connectivity index (χ2v) is 5.10. The summed E-state index contributed by atoms with van der Waals surface area (Å²) in [5.74, 6) is -2.74. The van der Waals surface area contributed by atoms with Gasteiger partial charge in [-0.1, -0.05) is 11.2 Å². The van der Waals surface area contributed by atoms with Crippen LogP contribution in [-0.2, 0) is 6.54 Å². The molecule has 100 valence electrons. The van der Waals surface area contributed by atoms with Crippen LogP contribution in [0.3, 0.4) is 0 Å². The molecule has 19 heavy (non-hydrogen) atoms. The molecule has 1 aliphatic heterocycles. The van der Waals surface area contributed by atoms with E-state index in [2.05, 4.69) is 15.0 Å². The molecule has 3 rings (SSSR count). The number of hydrogen-bond acceptors (Lipinski definition) is 3. The molecule has 1 aromatic rings. The molecule has 5 nitrogen and oxygen atoms in total. The first-order chi connectivity index (χ1) is 9.04. The molecule has 2 aliphatic rings. The highest BCUT2D eigenvalue weighted by Crippen LogP contribution is 2.59. The van der Waals surface area contributed by atoms with Crippen LogP contribution in [0.5, 0.6) is 0 Å². The van der Waals surface area contributed by atoms with Gasteiger partial charge in [-0.15, -0.1) is 0 Å². The molecular weight excluding hydrogens is 252 g/mol. The average Bonchev–Trinajstić information content (AvgIpc) is 2.79. The van der Waals surface area contributed by atoms with E-state index >= 15 is 0 Å². The SMILES string of the molecule is Cc1nc(N2CC3C(C2)C3(F)F)ccc1CN=[N+]=[N-]. The Kier molecular flexibility index (Phi) is 2.60. The third-order valence-electron chi connectivity index (χ3n) is 4.01. The van der Waals surface area contributed by atoms with Crippen molar-refractivity contribution in [3.63, 3.8) is 0 Å². The zero-order valence-corrected chi connectivity index (χ0v) is 10.4. The number of halogens is 2. The smallest absolute Gasteiger partial charge is 0.258 e. The quantitative estimate of drug-likeness (QED) is 0.479. The highest BCUT2D eigenvalue weighted by atomic mass is 19.3. The molecule has 2 atom stereocenters. The minimum Gasteiger partial charge on any atom is -0.356 e. The first-order valence-corrected chi connectivity index (χ1v) is 6.14. The number of piperidine rings is 1. The van der Waals surface area contributed by atoms with Crippen molar-refractivity contribution in [2.45, 2.75) is 19.4 Å². The number of anilines is 1. The van der Waals surface area contributed by atoms with Crippen molar-refractivity contribution in [3.8, 4) is 0 Å². The molecule has 1 saturated carbocycles. The lowest BCUT2D eigenvalue weighted by atomic mass is 10.2. The van der Waals surface area contributed by atoms with Crippen LogP contribution in [0.4, 0.5) is 14.6 Å². The zero-order chi connectivity index (χ0) is 13.6. The number of pyridine rings is 1. The Bertz CT molecular complexity index is 553. The van der Waals surface area contributed by atoms with Crippen LogP contribution in [-0.4, -0.2) is 24.0 Å². The Balaban J connectivity index is 1.74. The summed E-state index contributed by atoms with van der Waals surface area (Å²) in [6.07, 6.45) is 0. The van der Waals surface area contributed by atoms with Gasteiger partial charge < -0.3 is 4.90 Å². The average molecular weight is 265 g/mol. The highest BCUT2D eigenvalue weighted by Gasteiger charge is 2.71. The summed E-state index contributed by atoms with van der Waals surface area (Å²) < 4.78 is 26.2. The van der Waals surface area contributed by atoms with E-state index in [0.717, 1.165) is 17.1 Å². The molecule has 0 spiro atoms. The van der Waals surface area contributed by atoms with Gasteiger partial charge in [-0.05, 0) is 24.1 Å². The largest absolute Gasteiger partial charge is 0.356 e. The summed E-state index contributed by atoms with van der Waals surface area (Å²) in [6, 6.07) is 3.65. The van der Waals surface area contributed by atoms with Crippen molar-refractivity contribution in [3.05, 3.63) is 33.8 Å². The third-order valence-corrected chi connectivity index (χ3v) is 4.01. The number of aryl methyl sites for hydroxylation is 1. The van der Waals surface area contributed by atoms with Crippen molar-refractivity contribution in [2.75, 3.05) is 18.0 Å². The van der Waals surface area contributed by atoms with Crippen LogP contribution in [0.2, 0.25) is 0 Å². The van der Waals surface area contributed by atoms with Crippen molar-refractivity contribution >= 4 is 5.82 Å². The van der Waals surface area contributed by atoms with Gasteiger partial charge >= 0.3 is 0 Å². The van der Waals surface area contributed by atoms with Crippen molar-refractivity contribution in [1.29, 1.82) is 0 Å². The normalized spacial score (nSPS) is 26.8. The fourth-order valence-corrected chi connectivity index (χ4v) is 2.72. The van der Waals surface area contributed by atoms with E-state index in [0.29, 0.717) is 13.1 Å². The van der Waals surface area contributed by atoms with Crippen molar-refractivity contribution < 1.29 is 8.78 Å². The predicted molar refractivity (Wildman–Crippen MR) is 66.0 cm³/mol. The summed E-state index contributed by atoms with van der Waals surface area (Å²) in [6.45, 7) is 2.84. The second kappa shape index (κ2) is 4.06. The first kappa shape index (κ1) is 12.2. The third kappa shape index (κ3) is 1.90. The van der Waals surface area contributed by atoms with Gasteiger partial charge in [-0.3, -0.25) is 0 Å². The Morgan fingerprint density at radius 1 is 1.47 bits per heavy atom. The van der Waals surface area contributed by atoms with E-state index in [1.807, 2.05) is 17.9 Å². The Morgan fingerprint density at radius 3 is 2.74 bits per heavy atom. The summed E-state index contributed by atoms with van der Waals surface area (Å²) >= 11 is 0. The number of aromatic nitrogens is 1. The molecule has 1 saturated heterocycles. The van der Waals surface area contributed by atoms with Gasteiger partial charge in [-0.2, -0.15) is 0 Å². The summed E-state index contributed by atoms with van der Waals surface area (Å²) in [5, 5.41) is 3.50. The van der Waals surface area contributed by atoms with E-state index in [4.69, 9.17) is 5.53 Å². The molecule has 2 unspecified atom stereocenters. The zero-order valence-electron chi connectivity index (χ0n) is 10.4. The number of rotatable bonds is 3. The second-order valence-electron chi connectivity index (χ2n) is 5.10. The van der Waals surface area contributed by atoms with E-state index in [9.17, 15) is 8.78 Å². The summed E-state index contributed by atoms with van der Waals surface area (Å²) in [5.41, 5.74) is 9.92. The number of azide groups is 1. The highest BCUT2D eigenvalue weighted by molar-refractivity contribution is 5.45. The van der Waals surface area contributed by atoms with Crippen LogP contribution in [0.1, 0.15) is 11.3 Å². The molecule has 1 aromatic heterocycles. The van der Waals surface area contributed by atoms with Crippen LogP contribution >= 0.6 is 0 Å². The number of fused-ring (bicyclic) bond motifs is 1. The van der Waals surface area contributed by atoms with Crippen LogP contribution < -0.4 is 4.90 Å². The predicted octanol–water partition coefficient (Wildman–Crippen LogP) is 2.90. The number of hydrogen-bond donors (Lipinski definition) is 0. The molecule has 0 radical (unpaired) electrons. The van der Waals surface area contributed by atoms with Crippen LogP contribution in [0.25, 0.3) is 10.4 Å². The Hall–Kier alpha value is -1.88. The van der Waals surface area contributed by atoms with Crippen LogP contribution in [0, 0.1) is 18.8 Å². The van der Waals surface area contributed by atoms with Gasteiger partial charge in [0.2, 0.25) is 0 Å². The van der Waals surface area contributed by atoms with E-state index in [1.165, 1.54) is 0 Å². The molecule has 2 fully saturated rings. The van der Waals surface area contributed by atoms with E-state index in [1.54, 1.807) is 6.07 Å². The van der Waals surface area contributed by atoms with Gasteiger partial charge in [0.15, 0.2) is 0 Å². The molecule has 0 N–H and O–H groups in total. The maximum absolute atomic E-state index is 13.1. The monoisotopic (exact) mass is 265 g/mol. The van der Waals surface area contributed by atoms with Gasteiger partial charge in [0, 0.05) is 23.7 Å². The standard InChI is InChI=1S/C12H13F2N5/c1-7-8(4-16-18-15)2-3-11(17-7)19-5-9-10(6-19)12(9,13)14/h2-3,9-10H,4-6H2,1H3. The van der Waals surface area contributed by atoms with Gasteiger partial charge in [-0.25, -0.2) is 13.8 Å². The lowest BCUT2D eigenvalue weighted by Crippen LogP contribution is -2.28. The Morgan fingerprint density at radius 2 is 2.16 bits per heavy atom. The van der Waals surface area contributed by atoms with Crippen molar-refractivity contribution in [2.24, 2.45) is 17.0 Å². The maximum atomic E-state index is 13.1. The Labute approximate surface area is 108 Å². The van der Waals surface area contributed by atoms with Gasteiger partial charge in [0.05, 0.1) is 18.4 Å². The minimum atomic E-state index is -2.47. The number of alkyl halides is 2. The molecule has 7 heteroatoms. The molecule has 1 aliphatic carbocycles. The summed E-state index contributed by atoms with van der Waals surface area (Å²) in [4.78, 5) is 9.02. The van der Waals surface area contributed by atoms with E-state index < -0.39 is 17.8 Å². The number of nitrogens with zero attached hydrogens (tertiary/aromatic N) is 5. The topological polar surface area (TPSA) is 64.9 Å². The first-order valence-electron chi connectivity index (χ1n) is 6.14. The maximum Gasteiger partial charge on any atom is 0.258 e. The summed E-state index contributed by atoms with van der Waals surface area (Å²) in [7, 11) is 0. The van der Waals surface area contributed by atoms with Crippen LogP contribution in [0.15, 0.2) is 17.2 Å². The molecule has 2 heterocycles.